The summed E-state index contributed by atoms with van der Waals surface area (Å²) in [5, 5.41) is 25.9. The molecule has 3 aromatic rings. The van der Waals surface area contributed by atoms with Gasteiger partial charge in [0.1, 0.15) is 30.2 Å². The van der Waals surface area contributed by atoms with Crippen molar-refractivity contribution in [2.45, 2.75) is 31.1 Å². The number of thiophene rings is 1. The van der Waals surface area contributed by atoms with Gasteiger partial charge in [-0.1, -0.05) is 6.07 Å². The van der Waals surface area contributed by atoms with E-state index in [1.807, 2.05) is 17.5 Å². The largest absolute Gasteiger partial charge is 0.387 e. The molecule has 0 amide bonds. The van der Waals surface area contributed by atoms with Crippen molar-refractivity contribution < 1.29 is 14.9 Å². The number of hydrogen-bond donors (Lipinski definition) is 4. The zero-order valence-corrected chi connectivity index (χ0v) is 14.0. The molecule has 0 unspecified atom stereocenters. The second-order valence-electron chi connectivity index (χ2n) is 5.84. The summed E-state index contributed by atoms with van der Waals surface area (Å²) in [6, 6.07) is 4.02. The summed E-state index contributed by atoms with van der Waals surface area (Å²) >= 11 is 1.65. The van der Waals surface area contributed by atoms with Crippen molar-refractivity contribution in [2.24, 2.45) is 0 Å². The molecule has 4 atom stereocenters. The third-order valence-electron chi connectivity index (χ3n) is 4.22. The highest BCUT2D eigenvalue weighted by Crippen LogP contribution is 2.31. The molecule has 3 aromatic heterocycles. The molecule has 0 spiro atoms. The third-order valence-corrected chi connectivity index (χ3v) is 5.10. The first-order chi connectivity index (χ1) is 12.1. The van der Waals surface area contributed by atoms with Gasteiger partial charge in [0.2, 0.25) is 0 Å². The number of nitrogens with two attached hydrogens (primary N) is 1. The number of ether oxygens (including phenoxy) is 1. The molecule has 5 N–H and O–H groups in total. The van der Waals surface area contributed by atoms with Crippen LogP contribution in [0.3, 0.4) is 0 Å². The van der Waals surface area contributed by atoms with Crippen molar-refractivity contribution in [2.75, 3.05) is 12.3 Å². The standard InChI is InChI=1S/C15H18N6O3S/c16-13-10-14(19-6-18-13)21(7-20-10)15-12(23)11(22)9(24-15)5-17-4-8-2-1-3-25-8/h1-3,6-7,9,11-12,15,17,22-23H,4-5H2,(H2,16,18,19)/t9-,11-,12-,15-/m1/s1. The van der Waals surface area contributed by atoms with Crippen LogP contribution in [0.1, 0.15) is 11.1 Å². The topological polar surface area (TPSA) is 131 Å². The normalized spacial score (nSPS) is 26.5. The van der Waals surface area contributed by atoms with Crippen LogP contribution in [0.25, 0.3) is 11.2 Å². The SMILES string of the molecule is Nc1ncnc2c1ncn2[C@@H]1O[C@H](CNCc2cccs2)[C@@H](O)[C@H]1O. The number of hydrogen-bond acceptors (Lipinski definition) is 9. The molecule has 25 heavy (non-hydrogen) atoms. The molecule has 0 aliphatic carbocycles. The molecule has 132 valence electrons. The second kappa shape index (κ2) is 6.65. The molecule has 1 aliphatic rings. The first-order valence-electron chi connectivity index (χ1n) is 7.83. The van der Waals surface area contributed by atoms with Crippen molar-refractivity contribution in [1.82, 2.24) is 24.8 Å². The van der Waals surface area contributed by atoms with Gasteiger partial charge in [0, 0.05) is 18.0 Å². The van der Waals surface area contributed by atoms with Gasteiger partial charge in [0.15, 0.2) is 17.7 Å². The van der Waals surface area contributed by atoms with Crippen LogP contribution in [-0.2, 0) is 11.3 Å². The van der Waals surface area contributed by atoms with Crippen molar-refractivity contribution in [3.8, 4) is 0 Å². The van der Waals surface area contributed by atoms with Crippen molar-refractivity contribution in [1.29, 1.82) is 0 Å². The summed E-state index contributed by atoms with van der Waals surface area (Å²) in [6.07, 6.45) is -0.634. The van der Waals surface area contributed by atoms with Gasteiger partial charge in [-0.15, -0.1) is 11.3 Å². The summed E-state index contributed by atoms with van der Waals surface area (Å²) in [4.78, 5) is 13.4. The van der Waals surface area contributed by atoms with Gasteiger partial charge in [0.25, 0.3) is 0 Å². The maximum Gasteiger partial charge on any atom is 0.167 e. The van der Waals surface area contributed by atoms with E-state index in [9.17, 15) is 10.2 Å². The van der Waals surface area contributed by atoms with Gasteiger partial charge in [0.05, 0.1) is 6.33 Å². The maximum absolute atomic E-state index is 10.4. The Morgan fingerprint density at radius 1 is 1.28 bits per heavy atom. The van der Waals surface area contributed by atoms with Gasteiger partial charge in [-0.25, -0.2) is 15.0 Å². The van der Waals surface area contributed by atoms with Crippen LogP contribution < -0.4 is 11.1 Å². The first kappa shape index (κ1) is 16.4. The fourth-order valence-electron chi connectivity index (χ4n) is 2.93. The Kier molecular flexibility index (Phi) is 4.36. The number of aromatic nitrogens is 4. The van der Waals surface area contributed by atoms with Crippen LogP contribution in [-0.4, -0.2) is 54.6 Å². The molecule has 0 saturated carbocycles. The number of anilines is 1. The quantitative estimate of drug-likeness (QED) is 0.494. The van der Waals surface area contributed by atoms with Crippen molar-refractivity contribution in [3.63, 3.8) is 0 Å². The van der Waals surface area contributed by atoms with E-state index < -0.39 is 24.5 Å². The highest BCUT2D eigenvalue weighted by molar-refractivity contribution is 7.09. The van der Waals surface area contributed by atoms with Crippen LogP contribution in [0, 0.1) is 0 Å². The number of nitrogens with one attached hydrogen (secondary N) is 1. The van der Waals surface area contributed by atoms with Crippen molar-refractivity contribution >= 4 is 28.3 Å². The van der Waals surface area contributed by atoms with Crippen LogP contribution in [0.4, 0.5) is 5.82 Å². The summed E-state index contributed by atoms with van der Waals surface area (Å²) in [6.45, 7) is 1.10. The number of fused-ring (bicyclic) bond motifs is 1. The van der Waals surface area contributed by atoms with E-state index in [-0.39, 0.29) is 5.82 Å². The fraction of sp³-hybridized carbons (Fsp3) is 0.400. The minimum absolute atomic E-state index is 0.256. The summed E-state index contributed by atoms with van der Waals surface area (Å²) in [5.41, 5.74) is 6.67. The Morgan fingerprint density at radius 3 is 2.96 bits per heavy atom. The molecular weight excluding hydrogens is 344 g/mol. The Hall–Kier alpha value is -2.11. The van der Waals surface area contributed by atoms with Crippen LogP contribution in [0.5, 0.6) is 0 Å². The number of aliphatic hydroxyl groups is 2. The molecule has 1 aliphatic heterocycles. The molecule has 0 bridgehead atoms. The molecule has 0 radical (unpaired) electrons. The lowest BCUT2D eigenvalue weighted by atomic mass is 10.1. The van der Waals surface area contributed by atoms with E-state index in [0.29, 0.717) is 24.3 Å². The predicted octanol–water partition coefficient (Wildman–Crippen LogP) is -0.121. The molecule has 0 aromatic carbocycles. The number of imidazole rings is 1. The minimum Gasteiger partial charge on any atom is -0.387 e. The van der Waals surface area contributed by atoms with Crippen LogP contribution in [0.15, 0.2) is 30.2 Å². The van der Waals surface area contributed by atoms with Crippen LogP contribution >= 0.6 is 11.3 Å². The second-order valence-corrected chi connectivity index (χ2v) is 6.87. The monoisotopic (exact) mass is 362 g/mol. The Bertz CT molecular complexity index is 854. The maximum atomic E-state index is 10.4. The summed E-state index contributed by atoms with van der Waals surface area (Å²) in [5.74, 6) is 0.256. The van der Waals surface area contributed by atoms with Gasteiger partial charge >= 0.3 is 0 Å². The lowest BCUT2D eigenvalue weighted by Crippen LogP contribution is -2.37. The number of nitrogens with zero attached hydrogens (tertiary/aromatic N) is 4. The van der Waals surface area contributed by atoms with Crippen LogP contribution in [0.2, 0.25) is 0 Å². The summed E-state index contributed by atoms with van der Waals surface area (Å²) < 4.78 is 7.43. The number of aliphatic hydroxyl groups excluding tert-OH is 2. The average molecular weight is 362 g/mol. The van der Waals surface area contributed by atoms with Crippen molar-refractivity contribution in [3.05, 3.63) is 35.0 Å². The molecular formula is C15H18N6O3S. The molecule has 4 heterocycles. The Labute approximate surface area is 147 Å². The highest BCUT2D eigenvalue weighted by atomic mass is 32.1. The smallest absolute Gasteiger partial charge is 0.167 e. The van der Waals surface area contributed by atoms with Gasteiger partial charge in [-0.3, -0.25) is 4.57 Å². The molecule has 9 nitrogen and oxygen atoms in total. The third kappa shape index (κ3) is 2.98. The van der Waals surface area contributed by atoms with E-state index in [1.165, 1.54) is 17.5 Å². The van der Waals surface area contributed by atoms with E-state index in [4.69, 9.17) is 10.5 Å². The van der Waals surface area contributed by atoms with Gasteiger partial charge in [-0.2, -0.15) is 0 Å². The molecule has 4 rings (SSSR count). The lowest BCUT2D eigenvalue weighted by molar-refractivity contribution is -0.0342. The predicted molar refractivity (Wildman–Crippen MR) is 91.7 cm³/mol. The van der Waals surface area contributed by atoms with Gasteiger partial charge < -0.3 is 26.0 Å². The fourth-order valence-corrected chi connectivity index (χ4v) is 3.61. The number of rotatable bonds is 5. The Balaban J connectivity index is 1.48. The van der Waals surface area contributed by atoms with E-state index in [2.05, 4.69) is 20.3 Å². The van der Waals surface area contributed by atoms with E-state index in [1.54, 1.807) is 15.9 Å². The van der Waals surface area contributed by atoms with Gasteiger partial charge in [-0.05, 0) is 11.4 Å². The zero-order chi connectivity index (χ0) is 17.4. The zero-order valence-electron chi connectivity index (χ0n) is 13.2. The highest BCUT2D eigenvalue weighted by Gasteiger charge is 2.44. The van der Waals surface area contributed by atoms with E-state index in [0.717, 1.165) is 0 Å². The lowest BCUT2D eigenvalue weighted by Gasteiger charge is -2.16. The first-order valence-corrected chi connectivity index (χ1v) is 8.71. The molecule has 1 fully saturated rings. The minimum atomic E-state index is -1.10. The number of nitrogen functional groups attached to an aromatic ring is 1. The average Bonchev–Trinajstić information content (AvgIpc) is 3.32. The molecule has 10 heteroatoms. The molecule has 1 saturated heterocycles. The Morgan fingerprint density at radius 2 is 2.16 bits per heavy atom. The van der Waals surface area contributed by atoms with E-state index >= 15 is 0 Å². The summed E-state index contributed by atoms with van der Waals surface area (Å²) in [7, 11) is 0.